The fourth-order valence-electron chi connectivity index (χ4n) is 1.99. The van der Waals surface area contributed by atoms with Crippen LogP contribution in [0.2, 0.25) is 5.02 Å². The molecule has 1 aromatic heterocycles. The highest BCUT2D eigenvalue weighted by Crippen LogP contribution is 2.31. The molecule has 1 aliphatic heterocycles. The van der Waals surface area contributed by atoms with Gasteiger partial charge in [0.05, 0.1) is 10.8 Å². The minimum absolute atomic E-state index is 0.125. The van der Waals surface area contributed by atoms with Crippen molar-refractivity contribution >= 4 is 59.0 Å². The van der Waals surface area contributed by atoms with Gasteiger partial charge >= 0.3 is 0 Å². The van der Waals surface area contributed by atoms with E-state index in [1.807, 2.05) is 0 Å². The van der Waals surface area contributed by atoms with Gasteiger partial charge in [0.1, 0.15) is 0 Å². The third-order valence-electron chi connectivity index (χ3n) is 2.68. The summed E-state index contributed by atoms with van der Waals surface area (Å²) in [6, 6.07) is 1.63. The van der Waals surface area contributed by atoms with Gasteiger partial charge in [-0.3, -0.25) is 9.69 Å². The number of aromatic nitrogens is 1. The fraction of sp³-hybridized carbons (Fsp3) is 0.400. The van der Waals surface area contributed by atoms with Crippen LogP contribution in [-0.4, -0.2) is 31.6 Å². The Balaban J connectivity index is 2.20. The molecule has 0 aromatic carbocycles. The maximum Gasteiger partial charge on any atom is 0.232 e. The minimum atomic E-state index is -3.62. The van der Waals surface area contributed by atoms with E-state index in [9.17, 15) is 13.2 Å². The van der Waals surface area contributed by atoms with Crippen molar-refractivity contribution < 1.29 is 13.2 Å². The third-order valence-corrected chi connectivity index (χ3v) is 4.64. The van der Waals surface area contributed by atoms with Crippen LogP contribution in [0.4, 0.5) is 5.82 Å². The van der Waals surface area contributed by atoms with Crippen LogP contribution < -0.4 is 4.90 Å². The zero-order valence-corrected chi connectivity index (χ0v) is 13.4. The van der Waals surface area contributed by atoms with Crippen LogP contribution >= 0.6 is 38.2 Å². The van der Waals surface area contributed by atoms with Gasteiger partial charge in [0, 0.05) is 40.2 Å². The van der Waals surface area contributed by atoms with Gasteiger partial charge in [0.2, 0.25) is 15.0 Å². The molecule has 0 spiro atoms. The second-order valence-electron chi connectivity index (χ2n) is 4.24. The Bertz CT molecular complexity index is 623. The summed E-state index contributed by atoms with van der Waals surface area (Å²) in [7, 11) is 1.58. The normalized spacial score (nSPS) is 20.1. The van der Waals surface area contributed by atoms with Crippen molar-refractivity contribution in [2.24, 2.45) is 5.92 Å². The van der Waals surface area contributed by atoms with Gasteiger partial charge in [-0.2, -0.15) is 0 Å². The summed E-state index contributed by atoms with van der Waals surface area (Å²) in [6.45, 7) is 0.249. The molecule has 0 bridgehead atoms. The number of amides is 1. The van der Waals surface area contributed by atoms with E-state index in [-0.39, 0.29) is 30.5 Å². The van der Waals surface area contributed by atoms with Crippen molar-refractivity contribution in [3.05, 3.63) is 21.8 Å². The molecule has 1 fully saturated rings. The molecule has 0 radical (unpaired) electrons. The zero-order valence-electron chi connectivity index (χ0n) is 9.51. The Labute approximate surface area is 128 Å². The van der Waals surface area contributed by atoms with Crippen molar-refractivity contribution in [2.75, 3.05) is 17.2 Å². The molecule has 0 aliphatic carbocycles. The third kappa shape index (κ3) is 3.81. The molecule has 1 aliphatic rings. The van der Waals surface area contributed by atoms with E-state index in [0.717, 1.165) is 0 Å². The number of rotatable bonds is 3. The van der Waals surface area contributed by atoms with Crippen LogP contribution in [0.5, 0.6) is 0 Å². The minimum Gasteiger partial charge on any atom is -0.295 e. The van der Waals surface area contributed by atoms with E-state index < -0.39 is 9.05 Å². The molecule has 104 valence electrons. The predicted molar refractivity (Wildman–Crippen MR) is 77.0 cm³/mol. The standard InChI is InChI=1S/C10H9BrCl2N2O3S/c11-7-2-8(12)10(14-3-7)15-4-6(1-9(15)16)5-19(13,17)18/h2-3,6H,1,4-5H2. The molecule has 1 atom stereocenters. The van der Waals surface area contributed by atoms with Gasteiger partial charge in [0.25, 0.3) is 0 Å². The second kappa shape index (κ2) is 5.55. The van der Waals surface area contributed by atoms with E-state index in [1.54, 1.807) is 6.07 Å². The van der Waals surface area contributed by atoms with E-state index in [2.05, 4.69) is 20.9 Å². The SMILES string of the molecule is O=C1CC(CS(=O)(=O)Cl)CN1c1ncc(Br)cc1Cl. The number of hydrogen-bond acceptors (Lipinski definition) is 4. The molecule has 0 N–H and O–H groups in total. The van der Waals surface area contributed by atoms with Gasteiger partial charge in [0.15, 0.2) is 5.82 Å². The maximum absolute atomic E-state index is 11.9. The topological polar surface area (TPSA) is 67.3 Å². The number of carbonyl (C=O) groups excluding carboxylic acids is 1. The summed E-state index contributed by atoms with van der Waals surface area (Å²) in [5.41, 5.74) is 0. The Morgan fingerprint density at radius 3 is 2.79 bits per heavy atom. The van der Waals surface area contributed by atoms with Crippen molar-refractivity contribution in [1.29, 1.82) is 0 Å². The molecular formula is C10H9BrCl2N2O3S. The molecule has 1 saturated heterocycles. The van der Waals surface area contributed by atoms with Crippen molar-refractivity contribution in [3.8, 4) is 0 Å². The largest absolute Gasteiger partial charge is 0.295 e. The summed E-state index contributed by atoms with van der Waals surface area (Å²) in [6.07, 6.45) is 1.65. The smallest absolute Gasteiger partial charge is 0.232 e. The summed E-state index contributed by atoms with van der Waals surface area (Å²) in [5, 5.41) is 0.331. The monoisotopic (exact) mass is 386 g/mol. The van der Waals surface area contributed by atoms with Crippen molar-refractivity contribution in [2.45, 2.75) is 6.42 Å². The predicted octanol–water partition coefficient (Wildman–Crippen LogP) is 2.42. The molecule has 1 aromatic rings. The van der Waals surface area contributed by atoms with Crippen molar-refractivity contribution in [1.82, 2.24) is 4.98 Å². The maximum atomic E-state index is 11.9. The number of nitrogens with zero attached hydrogens (tertiary/aromatic N) is 2. The van der Waals surface area contributed by atoms with Gasteiger partial charge in [-0.05, 0) is 22.0 Å². The number of pyridine rings is 1. The lowest BCUT2D eigenvalue weighted by Crippen LogP contribution is -2.26. The lowest BCUT2D eigenvalue weighted by molar-refractivity contribution is -0.117. The van der Waals surface area contributed by atoms with Crippen LogP contribution in [0.25, 0.3) is 0 Å². The Morgan fingerprint density at radius 2 is 2.21 bits per heavy atom. The molecule has 1 unspecified atom stereocenters. The van der Waals surface area contributed by atoms with Gasteiger partial charge in [-0.25, -0.2) is 13.4 Å². The fourth-order valence-corrected chi connectivity index (χ4v) is 4.04. The van der Waals surface area contributed by atoms with Gasteiger partial charge < -0.3 is 0 Å². The van der Waals surface area contributed by atoms with E-state index in [0.29, 0.717) is 15.3 Å². The highest BCUT2D eigenvalue weighted by molar-refractivity contribution is 9.10. The number of anilines is 1. The first-order valence-corrected chi connectivity index (χ1v) is 8.95. The van der Waals surface area contributed by atoms with E-state index in [4.69, 9.17) is 22.3 Å². The first-order valence-electron chi connectivity index (χ1n) is 5.30. The number of halogens is 3. The van der Waals surface area contributed by atoms with Crippen LogP contribution in [0.15, 0.2) is 16.7 Å². The number of hydrogen-bond donors (Lipinski definition) is 0. The lowest BCUT2D eigenvalue weighted by atomic mass is 10.1. The first kappa shape index (κ1) is 15.0. The van der Waals surface area contributed by atoms with Crippen LogP contribution in [0.1, 0.15) is 6.42 Å². The van der Waals surface area contributed by atoms with Crippen LogP contribution in [0.3, 0.4) is 0 Å². The zero-order chi connectivity index (χ0) is 14.2. The number of carbonyl (C=O) groups is 1. The van der Waals surface area contributed by atoms with Crippen molar-refractivity contribution in [3.63, 3.8) is 0 Å². The average molecular weight is 388 g/mol. The molecule has 1 amide bonds. The molecular weight excluding hydrogens is 379 g/mol. The molecule has 9 heteroatoms. The Hall–Kier alpha value is -0.370. The lowest BCUT2D eigenvalue weighted by Gasteiger charge is -2.16. The van der Waals surface area contributed by atoms with Crippen LogP contribution in [-0.2, 0) is 13.8 Å². The Kier molecular flexibility index (Phi) is 4.39. The Morgan fingerprint density at radius 1 is 1.53 bits per heavy atom. The first-order chi connectivity index (χ1) is 8.76. The van der Waals surface area contributed by atoms with Gasteiger partial charge in [-0.1, -0.05) is 11.6 Å². The summed E-state index contributed by atoms with van der Waals surface area (Å²) >= 11 is 9.25. The second-order valence-corrected chi connectivity index (χ2v) is 8.38. The molecule has 19 heavy (non-hydrogen) atoms. The average Bonchev–Trinajstić information content (AvgIpc) is 2.56. The summed E-state index contributed by atoms with van der Waals surface area (Å²) in [4.78, 5) is 17.4. The van der Waals surface area contributed by atoms with Crippen LogP contribution in [0, 0.1) is 5.92 Å². The molecule has 2 rings (SSSR count). The van der Waals surface area contributed by atoms with E-state index in [1.165, 1.54) is 11.1 Å². The van der Waals surface area contributed by atoms with Gasteiger partial charge in [-0.15, -0.1) is 0 Å². The highest BCUT2D eigenvalue weighted by Gasteiger charge is 2.34. The van der Waals surface area contributed by atoms with E-state index >= 15 is 0 Å². The summed E-state index contributed by atoms with van der Waals surface area (Å²) in [5.74, 6) is -0.437. The molecule has 2 heterocycles. The summed E-state index contributed by atoms with van der Waals surface area (Å²) < 4.78 is 22.8. The quantitative estimate of drug-likeness (QED) is 0.747. The molecule has 0 saturated carbocycles. The molecule has 5 nitrogen and oxygen atoms in total. The highest BCUT2D eigenvalue weighted by atomic mass is 79.9.